The Morgan fingerprint density at radius 1 is 1.40 bits per heavy atom. The number of benzene rings is 1. The minimum Gasteiger partial charge on any atom is -0.364 e. The van der Waals surface area contributed by atoms with Gasteiger partial charge in [-0.3, -0.25) is 4.79 Å². The second-order valence-corrected chi connectivity index (χ2v) is 4.58. The highest BCUT2D eigenvalue weighted by Gasteiger charge is 2.29. The topological polar surface area (TPSA) is 106 Å². The van der Waals surface area contributed by atoms with Gasteiger partial charge in [0.05, 0.1) is 6.10 Å². The molecule has 2 heterocycles. The number of rotatable bonds is 3. The molecule has 1 fully saturated rings. The van der Waals surface area contributed by atoms with Gasteiger partial charge in [0.1, 0.15) is 17.1 Å². The number of H-pyrrole nitrogens is 1. The van der Waals surface area contributed by atoms with Crippen LogP contribution in [0.2, 0.25) is 0 Å². The molecule has 3 rings (SSSR count). The van der Waals surface area contributed by atoms with Gasteiger partial charge in [0.15, 0.2) is 0 Å². The Morgan fingerprint density at radius 2 is 2.20 bits per heavy atom. The molecule has 0 saturated carbocycles. The van der Waals surface area contributed by atoms with Crippen LogP contribution in [-0.4, -0.2) is 40.1 Å². The molecular weight excluding hydrogens is 282 g/mol. The first kappa shape index (κ1) is 14.7. The molecular formula is C12H16ClN5O2. The highest BCUT2D eigenvalue weighted by Crippen LogP contribution is 2.21. The fourth-order valence-electron chi connectivity index (χ4n) is 2.21. The number of nitrogens with zero attached hydrogens (tertiary/aromatic N) is 2. The fraction of sp³-hybridized carbons (Fsp3) is 0.417. The Balaban J connectivity index is 0.00000147. The zero-order valence-corrected chi connectivity index (χ0v) is 11.5. The first-order valence-corrected chi connectivity index (χ1v) is 6.23. The summed E-state index contributed by atoms with van der Waals surface area (Å²) in [7, 11) is 0. The molecule has 4 N–H and O–H groups in total. The molecule has 1 aliphatic heterocycles. The number of anilines is 1. The van der Waals surface area contributed by atoms with E-state index in [1.807, 2.05) is 0 Å². The van der Waals surface area contributed by atoms with Crippen LogP contribution in [0.3, 0.4) is 0 Å². The first-order chi connectivity index (χ1) is 9.26. The molecule has 0 spiro atoms. The lowest BCUT2D eigenvalue weighted by Crippen LogP contribution is -2.29. The number of nitrogens with two attached hydrogens (primary N) is 1. The van der Waals surface area contributed by atoms with Crippen LogP contribution in [-0.2, 0) is 9.53 Å². The number of halogens is 1. The van der Waals surface area contributed by atoms with Crippen molar-refractivity contribution in [2.45, 2.75) is 25.0 Å². The fourth-order valence-corrected chi connectivity index (χ4v) is 2.21. The maximum absolute atomic E-state index is 12.0. The minimum atomic E-state index is -0.415. The number of nitrogens with one attached hydrogen (secondary N) is 2. The molecule has 1 amide bonds. The summed E-state index contributed by atoms with van der Waals surface area (Å²) >= 11 is 0. The number of hydrogen-bond donors (Lipinski definition) is 3. The van der Waals surface area contributed by atoms with Crippen LogP contribution in [0.15, 0.2) is 18.2 Å². The molecule has 0 aliphatic carbocycles. The second-order valence-electron chi connectivity index (χ2n) is 4.58. The Labute approximate surface area is 121 Å². The lowest BCUT2D eigenvalue weighted by atomic mass is 10.2. The maximum atomic E-state index is 12.0. The third-order valence-electron chi connectivity index (χ3n) is 3.25. The van der Waals surface area contributed by atoms with Crippen molar-refractivity contribution in [1.29, 1.82) is 0 Å². The summed E-state index contributed by atoms with van der Waals surface area (Å²) in [5.74, 6) is -0.140. The third kappa shape index (κ3) is 2.90. The lowest BCUT2D eigenvalue weighted by Gasteiger charge is -2.12. The molecule has 8 heteroatoms. The molecule has 1 aliphatic rings. The summed E-state index contributed by atoms with van der Waals surface area (Å²) in [6, 6.07) is 5.36. The van der Waals surface area contributed by atoms with Crippen molar-refractivity contribution in [3.63, 3.8) is 0 Å². The second kappa shape index (κ2) is 6.17. The summed E-state index contributed by atoms with van der Waals surface area (Å²) in [6.07, 6.45) is 1.12. The van der Waals surface area contributed by atoms with Crippen molar-refractivity contribution in [3.05, 3.63) is 18.2 Å². The molecule has 108 valence electrons. The largest absolute Gasteiger partial charge is 0.364 e. The Morgan fingerprint density at radius 3 is 2.95 bits per heavy atom. The van der Waals surface area contributed by atoms with E-state index >= 15 is 0 Å². The van der Waals surface area contributed by atoms with E-state index in [-0.39, 0.29) is 24.4 Å². The van der Waals surface area contributed by atoms with Crippen molar-refractivity contribution < 1.29 is 9.53 Å². The van der Waals surface area contributed by atoms with E-state index in [0.29, 0.717) is 24.2 Å². The molecule has 0 unspecified atom stereocenters. The molecule has 0 bridgehead atoms. The van der Waals surface area contributed by atoms with Gasteiger partial charge in [0.2, 0.25) is 0 Å². The van der Waals surface area contributed by atoms with Gasteiger partial charge in [-0.05, 0) is 31.0 Å². The van der Waals surface area contributed by atoms with Gasteiger partial charge in [-0.2, -0.15) is 15.4 Å². The summed E-state index contributed by atoms with van der Waals surface area (Å²) in [5, 5.41) is 13.3. The molecule has 1 aromatic carbocycles. The Hall–Kier alpha value is -1.70. The number of hydrogen-bond acceptors (Lipinski definition) is 5. The number of amides is 1. The normalized spacial score (nSPS) is 21.6. The first-order valence-electron chi connectivity index (χ1n) is 6.23. The molecule has 1 aromatic heterocycles. The molecule has 0 radical (unpaired) electrons. The van der Waals surface area contributed by atoms with Crippen molar-refractivity contribution in [3.8, 4) is 0 Å². The molecule has 7 nitrogen and oxygen atoms in total. The van der Waals surface area contributed by atoms with Crippen LogP contribution in [0.1, 0.15) is 12.8 Å². The van der Waals surface area contributed by atoms with Gasteiger partial charge < -0.3 is 15.8 Å². The van der Waals surface area contributed by atoms with Gasteiger partial charge in [-0.25, -0.2) is 0 Å². The van der Waals surface area contributed by atoms with Gasteiger partial charge in [0.25, 0.3) is 5.91 Å². The third-order valence-corrected chi connectivity index (χ3v) is 3.25. The number of aromatic nitrogens is 3. The zero-order chi connectivity index (χ0) is 13.2. The SMILES string of the molecule is Cl.NC[C@H]1CC[C@@H](C(=O)Nc2ccc3n[nH]nc3c2)O1. The average Bonchev–Trinajstić information content (AvgIpc) is 3.06. The van der Waals surface area contributed by atoms with E-state index in [0.717, 1.165) is 11.9 Å². The summed E-state index contributed by atoms with van der Waals surface area (Å²) in [5.41, 5.74) is 7.69. The number of carbonyl (C=O) groups excluding carboxylic acids is 1. The molecule has 20 heavy (non-hydrogen) atoms. The van der Waals surface area contributed by atoms with Crippen LogP contribution in [0, 0.1) is 0 Å². The number of carbonyl (C=O) groups is 1. The predicted octanol–water partition coefficient (Wildman–Crippen LogP) is 0.824. The van der Waals surface area contributed by atoms with Crippen LogP contribution in [0.4, 0.5) is 5.69 Å². The summed E-state index contributed by atoms with van der Waals surface area (Å²) in [4.78, 5) is 12.0. The van der Waals surface area contributed by atoms with E-state index in [2.05, 4.69) is 20.7 Å². The summed E-state index contributed by atoms with van der Waals surface area (Å²) < 4.78 is 5.55. The summed E-state index contributed by atoms with van der Waals surface area (Å²) in [6.45, 7) is 0.453. The van der Waals surface area contributed by atoms with E-state index in [1.54, 1.807) is 18.2 Å². The van der Waals surface area contributed by atoms with Crippen LogP contribution < -0.4 is 11.1 Å². The lowest BCUT2D eigenvalue weighted by molar-refractivity contribution is -0.126. The van der Waals surface area contributed by atoms with Crippen molar-refractivity contribution in [2.75, 3.05) is 11.9 Å². The highest BCUT2D eigenvalue weighted by atomic mass is 35.5. The smallest absolute Gasteiger partial charge is 0.253 e. The van der Waals surface area contributed by atoms with Crippen LogP contribution in [0.5, 0.6) is 0 Å². The predicted molar refractivity (Wildman–Crippen MR) is 76.7 cm³/mol. The van der Waals surface area contributed by atoms with Gasteiger partial charge in [-0.1, -0.05) is 0 Å². The number of fused-ring (bicyclic) bond motifs is 1. The van der Waals surface area contributed by atoms with Gasteiger partial charge >= 0.3 is 0 Å². The average molecular weight is 298 g/mol. The molecule has 2 atom stereocenters. The highest BCUT2D eigenvalue weighted by molar-refractivity contribution is 5.95. The standard InChI is InChI=1S/C12H15N5O2.ClH/c13-6-8-2-4-11(19-8)12(18)14-7-1-3-9-10(5-7)16-17-15-9;/h1,3,5,8,11H,2,4,6,13H2,(H,14,18)(H,15,16,17);1H/t8-,11+;/m1./s1. The molecule has 1 saturated heterocycles. The zero-order valence-electron chi connectivity index (χ0n) is 10.7. The van der Waals surface area contributed by atoms with Crippen LogP contribution in [0.25, 0.3) is 11.0 Å². The van der Waals surface area contributed by atoms with E-state index in [4.69, 9.17) is 10.5 Å². The minimum absolute atomic E-state index is 0. The van der Waals surface area contributed by atoms with Gasteiger partial charge in [-0.15, -0.1) is 12.4 Å². The van der Waals surface area contributed by atoms with Crippen molar-refractivity contribution >= 4 is 35.0 Å². The van der Waals surface area contributed by atoms with Gasteiger partial charge in [0, 0.05) is 12.2 Å². The van der Waals surface area contributed by atoms with Crippen LogP contribution >= 0.6 is 12.4 Å². The van der Waals surface area contributed by atoms with E-state index in [9.17, 15) is 4.79 Å². The number of ether oxygens (including phenoxy) is 1. The quantitative estimate of drug-likeness (QED) is 0.778. The Bertz CT molecular complexity index is 602. The number of aromatic amines is 1. The van der Waals surface area contributed by atoms with Crippen molar-refractivity contribution in [2.24, 2.45) is 5.73 Å². The van der Waals surface area contributed by atoms with E-state index < -0.39 is 6.10 Å². The van der Waals surface area contributed by atoms with E-state index in [1.165, 1.54) is 0 Å². The maximum Gasteiger partial charge on any atom is 0.253 e. The monoisotopic (exact) mass is 297 g/mol. The molecule has 2 aromatic rings. The Kier molecular flexibility index (Phi) is 4.53. The van der Waals surface area contributed by atoms with Crippen molar-refractivity contribution in [1.82, 2.24) is 15.4 Å².